The van der Waals surface area contributed by atoms with Crippen molar-refractivity contribution < 1.29 is 13.0 Å². The van der Waals surface area contributed by atoms with Crippen LogP contribution >= 0.6 is 0 Å². The molecule has 0 aliphatic rings. The van der Waals surface area contributed by atoms with E-state index in [9.17, 15) is 8.42 Å². The van der Waals surface area contributed by atoms with E-state index in [1.165, 1.54) is 6.07 Å². The quantitative estimate of drug-likeness (QED) is 0.650. The molecule has 0 saturated carbocycles. The lowest BCUT2D eigenvalue weighted by molar-refractivity contribution is 0.481. The molecule has 0 radical (unpaired) electrons. The third-order valence-electron chi connectivity index (χ3n) is 2.49. The minimum Gasteiger partial charge on any atom is -0.282 e. The van der Waals surface area contributed by atoms with Crippen LogP contribution in [-0.4, -0.2) is 13.0 Å². The first-order valence-electron chi connectivity index (χ1n) is 5.05. The summed E-state index contributed by atoms with van der Waals surface area (Å²) in [5.74, 6) is 0.0225. The molecule has 4 heteroatoms. The predicted molar refractivity (Wildman–Crippen MR) is 64.2 cm³/mol. The molecule has 0 aliphatic heterocycles. The van der Waals surface area contributed by atoms with Crippen LogP contribution in [0, 0.1) is 6.92 Å². The van der Waals surface area contributed by atoms with Gasteiger partial charge < -0.3 is 0 Å². The zero-order valence-corrected chi connectivity index (χ0v) is 10.3. The molecule has 1 atom stereocenters. The summed E-state index contributed by atoms with van der Waals surface area (Å²) in [7, 11) is -4.15. The summed E-state index contributed by atoms with van der Waals surface area (Å²) in [6, 6.07) is 4.91. The van der Waals surface area contributed by atoms with Crippen LogP contribution in [0.25, 0.3) is 0 Å². The van der Waals surface area contributed by atoms with Gasteiger partial charge in [-0.25, -0.2) is 0 Å². The molecule has 0 saturated heterocycles. The van der Waals surface area contributed by atoms with Crippen molar-refractivity contribution in [1.82, 2.24) is 0 Å². The van der Waals surface area contributed by atoms with Crippen molar-refractivity contribution in [3.63, 3.8) is 0 Å². The largest absolute Gasteiger partial charge is 0.294 e. The van der Waals surface area contributed by atoms with Gasteiger partial charge in [-0.15, -0.1) is 6.58 Å². The lowest BCUT2D eigenvalue weighted by Crippen LogP contribution is -2.06. The Labute approximate surface area is 96.6 Å². The summed E-state index contributed by atoms with van der Waals surface area (Å²) in [6.45, 7) is 7.42. The molecule has 0 amide bonds. The fraction of sp³-hybridized carbons (Fsp3) is 0.333. The molecule has 0 aliphatic carbocycles. The Morgan fingerprint density at radius 3 is 2.62 bits per heavy atom. The van der Waals surface area contributed by atoms with Crippen LogP contribution in [0.4, 0.5) is 0 Å². The van der Waals surface area contributed by atoms with Gasteiger partial charge >= 0.3 is 0 Å². The molecule has 1 N–H and O–H groups in total. The summed E-state index contributed by atoms with van der Waals surface area (Å²) < 4.78 is 31.5. The van der Waals surface area contributed by atoms with Gasteiger partial charge in [0.2, 0.25) is 0 Å². The number of hydrogen-bond donors (Lipinski definition) is 1. The zero-order chi connectivity index (χ0) is 12.3. The van der Waals surface area contributed by atoms with Crippen molar-refractivity contribution in [2.45, 2.75) is 31.1 Å². The molecule has 1 aromatic rings. The number of hydrogen-bond acceptors (Lipinski definition) is 2. The molecular formula is C12H16O3S. The van der Waals surface area contributed by atoms with Crippen molar-refractivity contribution >= 4 is 10.1 Å². The van der Waals surface area contributed by atoms with E-state index < -0.39 is 10.1 Å². The Bertz CT molecular complexity index is 489. The van der Waals surface area contributed by atoms with E-state index in [1.807, 2.05) is 13.8 Å². The lowest BCUT2D eigenvalue weighted by Gasteiger charge is -2.14. The minimum absolute atomic E-state index is 0.00699. The molecule has 0 fully saturated rings. The van der Waals surface area contributed by atoms with Crippen LogP contribution in [0.3, 0.4) is 0 Å². The van der Waals surface area contributed by atoms with Gasteiger partial charge in [0.25, 0.3) is 10.1 Å². The SMILES string of the molecule is C=CC[C@@H](C)c1cc(C)ccc1S(=O)(=O)O. The standard InChI is InChI=1S/C12H16O3S/c1-4-5-10(3)11-8-9(2)6-7-12(11)16(13,14)15/h4,6-8,10H,1,5H2,2-3H3,(H,13,14,15)/t10-/m1/s1. The summed E-state index contributed by atoms with van der Waals surface area (Å²) in [5, 5.41) is 0. The van der Waals surface area contributed by atoms with Crippen LogP contribution in [0.2, 0.25) is 0 Å². The first kappa shape index (κ1) is 12.9. The fourth-order valence-electron chi connectivity index (χ4n) is 1.66. The van der Waals surface area contributed by atoms with E-state index in [0.717, 1.165) is 5.56 Å². The van der Waals surface area contributed by atoms with Gasteiger partial charge in [0.15, 0.2) is 0 Å². The molecule has 0 heterocycles. The van der Waals surface area contributed by atoms with E-state index in [2.05, 4.69) is 6.58 Å². The van der Waals surface area contributed by atoms with Gasteiger partial charge in [0.1, 0.15) is 0 Å². The van der Waals surface area contributed by atoms with Gasteiger partial charge in [0.05, 0.1) is 4.90 Å². The average molecular weight is 240 g/mol. The molecule has 0 aromatic heterocycles. The average Bonchev–Trinajstić information content (AvgIpc) is 2.16. The molecule has 3 nitrogen and oxygen atoms in total. The normalized spacial score (nSPS) is 13.4. The maximum Gasteiger partial charge on any atom is 0.294 e. The Kier molecular flexibility index (Phi) is 3.88. The van der Waals surface area contributed by atoms with E-state index in [1.54, 1.807) is 18.2 Å². The molecule has 0 spiro atoms. The number of allylic oxidation sites excluding steroid dienone is 1. The van der Waals surface area contributed by atoms with Crippen LogP contribution in [0.15, 0.2) is 35.7 Å². The van der Waals surface area contributed by atoms with Crippen molar-refractivity contribution in [3.05, 3.63) is 42.0 Å². The second-order valence-electron chi connectivity index (χ2n) is 3.94. The third-order valence-corrected chi connectivity index (χ3v) is 3.42. The highest BCUT2D eigenvalue weighted by molar-refractivity contribution is 7.85. The maximum absolute atomic E-state index is 11.2. The molecule has 16 heavy (non-hydrogen) atoms. The van der Waals surface area contributed by atoms with Gasteiger partial charge in [-0.1, -0.05) is 30.7 Å². The second-order valence-corrected chi connectivity index (χ2v) is 5.33. The van der Waals surface area contributed by atoms with E-state index in [4.69, 9.17) is 4.55 Å². The van der Waals surface area contributed by atoms with Crippen molar-refractivity contribution in [2.24, 2.45) is 0 Å². The van der Waals surface area contributed by atoms with Crippen LogP contribution in [0.5, 0.6) is 0 Å². The molecular weight excluding hydrogens is 224 g/mol. The monoisotopic (exact) mass is 240 g/mol. The van der Waals surface area contributed by atoms with Crippen LogP contribution < -0.4 is 0 Å². The van der Waals surface area contributed by atoms with Gasteiger partial charge in [-0.2, -0.15) is 8.42 Å². The second kappa shape index (κ2) is 4.80. The highest BCUT2D eigenvalue weighted by Gasteiger charge is 2.18. The summed E-state index contributed by atoms with van der Waals surface area (Å²) in [6.07, 6.45) is 2.41. The van der Waals surface area contributed by atoms with E-state index in [-0.39, 0.29) is 10.8 Å². The van der Waals surface area contributed by atoms with E-state index in [0.29, 0.717) is 12.0 Å². The molecule has 1 rings (SSSR count). The number of aryl methyl sites for hydroxylation is 1. The Hall–Kier alpha value is -1.13. The lowest BCUT2D eigenvalue weighted by atomic mass is 9.96. The molecule has 1 aromatic carbocycles. The summed E-state index contributed by atoms with van der Waals surface area (Å²) in [4.78, 5) is -0.00699. The Morgan fingerprint density at radius 2 is 2.12 bits per heavy atom. The Morgan fingerprint density at radius 1 is 1.50 bits per heavy atom. The zero-order valence-electron chi connectivity index (χ0n) is 9.47. The van der Waals surface area contributed by atoms with Crippen molar-refractivity contribution in [2.75, 3.05) is 0 Å². The van der Waals surface area contributed by atoms with Gasteiger partial charge in [-0.3, -0.25) is 4.55 Å². The molecule has 0 bridgehead atoms. The summed E-state index contributed by atoms with van der Waals surface area (Å²) in [5.41, 5.74) is 1.61. The third kappa shape index (κ3) is 2.93. The highest BCUT2D eigenvalue weighted by Crippen LogP contribution is 2.27. The topological polar surface area (TPSA) is 54.4 Å². The molecule has 88 valence electrons. The Balaban J connectivity index is 3.34. The first-order chi connectivity index (χ1) is 7.36. The first-order valence-corrected chi connectivity index (χ1v) is 6.49. The minimum atomic E-state index is -4.15. The van der Waals surface area contributed by atoms with Crippen LogP contribution in [0.1, 0.15) is 30.4 Å². The van der Waals surface area contributed by atoms with Crippen LogP contribution in [-0.2, 0) is 10.1 Å². The number of rotatable bonds is 4. The summed E-state index contributed by atoms with van der Waals surface area (Å²) >= 11 is 0. The maximum atomic E-state index is 11.2. The van der Waals surface area contributed by atoms with Crippen molar-refractivity contribution in [3.8, 4) is 0 Å². The highest BCUT2D eigenvalue weighted by atomic mass is 32.2. The smallest absolute Gasteiger partial charge is 0.282 e. The van der Waals surface area contributed by atoms with Gasteiger partial charge in [-0.05, 0) is 30.9 Å². The fourth-order valence-corrected chi connectivity index (χ4v) is 2.46. The van der Waals surface area contributed by atoms with E-state index >= 15 is 0 Å². The predicted octanol–water partition coefficient (Wildman–Crippen LogP) is 2.92. The number of benzene rings is 1. The van der Waals surface area contributed by atoms with Gasteiger partial charge in [0, 0.05) is 0 Å². The van der Waals surface area contributed by atoms with Crippen molar-refractivity contribution in [1.29, 1.82) is 0 Å². The molecule has 0 unspecified atom stereocenters.